The summed E-state index contributed by atoms with van der Waals surface area (Å²) >= 11 is 0. The van der Waals surface area contributed by atoms with E-state index in [-0.39, 0.29) is 6.61 Å². The molecule has 22 heavy (non-hydrogen) atoms. The van der Waals surface area contributed by atoms with Gasteiger partial charge in [0, 0.05) is 24.2 Å². The Hall–Kier alpha value is -2.66. The summed E-state index contributed by atoms with van der Waals surface area (Å²) in [4.78, 5) is 9.10. The van der Waals surface area contributed by atoms with Gasteiger partial charge in [-0.25, -0.2) is 4.98 Å². The zero-order valence-electron chi connectivity index (χ0n) is 12.2. The van der Waals surface area contributed by atoms with Crippen molar-refractivity contribution in [1.29, 1.82) is 0 Å². The first kappa shape index (κ1) is 14.3. The number of aliphatic hydroxyl groups excluding tert-OH is 1. The minimum absolute atomic E-state index is 0.158. The fraction of sp³-hybridized carbons (Fsp3) is 0.176. The zero-order chi connectivity index (χ0) is 15.2. The van der Waals surface area contributed by atoms with Gasteiger partial charge in [0.05, 0.1) is 5.52 Å². The minimum atomic E-state index is 0.158. The Balaban J connectivity index is 1.93. The zero-order valence-corrected chi connectivity index (χ0v) is 12.2. The van der Waals surface area contributed by atoms with Gasteiger partial charge < -0.3 is 15.7 Å². The standard InChI is InChI=1S/C17H18N4O/c22-12-6-11-18-16-14-9-4-5-10-15(14)20-17(21-16)19-13-7-2-1-3-8-13/h1-5,7-10,22H,6,11-12H2,(H2,18,19,20,21). The molecular weight excluding hydrogens is 276 g/mol. The van der Waals surface area contributed by atoms with Gasteiger partial charge in [0.15, 0.2) is 0 Å². The van der Waals surface area contributed by atoms with E-state index in [1.54, 1.807) is 0 Å². The molecule has 0 aliphatic rings. The van der Waals surface area contributed by atoms with E-state index in [4.69, 9.17) is 5.11 Å². The number of hydrogen-bond donors (Lipinski definition) is 3. The highest BCUT2D eigenvalue weighted by Crippen LogP contribution is 2.23. The number of aliphatic hydroxyl groups is 1. The Morgan fingerprint density at radius 2 is 1.68 bits per heavy atom. The molecule has 3 aromatic rings. The lowest BCUT2D eigenvalue weighted by molar-refractivity contribution is 0.292. The van der Waals surface area contributed by atoms with Crippen LogP contribution in [-0.2, 0) is 0 Å². The Kier molecular flexibility index (Phi) is 4.46. The summed E-state index contributed by atoms with van der Waals surface area (Å²) in [6.07, 6.45) is 0.680. The van der Waals surface area contributed by atoms with E-state index in [1.165, 1.54) is 0 Å². The van der Waals surface area contributed by atoms with E-state index in [0.29, 0.717) is 18.9 Å². The Bertz CT molecular complexity index is 746. The normalized spacial score (nSPS) is 10.6. The van der Waals surface area contributed by atoms with E-state index in [1.807, 2.05) is 54.6 Å². The summed E-state index contributed by atoms with van der Waals surface area (Å²) in [7, 11) is 0. The molecule has 1 heterocycles. The van der Waals surface area contributed by atoms with Gasteiger partial charge in [-0.3, -0.25) is 0 Å². The molecule has 0 saturated carbocycles. The molecule has 0 aliphatic carbocycles. The second-order valence-corrected chi connectivity index (χ2v) is 4.91. The van der Waals surface area contributed by atoms with Crippen LogP contribution in [0.5, 0.6) is 0 Å². The molecule has 3 rings (SSSR count). The lowest BCUT2D eigenvalue weighted by atomic mass is 10.2. The largest absolute Gasteiger partial charge is 0.396 e. The summed E-state index contributed by atoms with van der Waals surface area (Å²) in [5, 5.41) is 16.4. The Labute approximate surface area is 129 Å². The van der Waals surface area contributed by atoms with Crippen LogP contribution >= 0.6 is 0 Å². The molecule has 112 valence electrons. The van der Waals surface area contributed by atoms with Gasteiger partial charge in [-0.05, 0) is 30.7 Å². The molecule has 0 bridgehead atoms. The van der Waals surface area contributed by atoms with E-state index < -0.39 is 0 Å². The summed E-state index contributed by atoms with van der Waals surface area (Å²) in [5.74, 6) is 1.33. The second kappa shape index (κ2) is 6.87. The van der Waals surface area contributed by atoms with Gasteiger partial charge >= 0.3 is 0 Å². The number of anilines is 3. The van der Waals surface area contributed by atoms with Gasteiger partial charge in [-0.2, -0.15) is 4.98 Å². The van der Waals surface area contributed by atoms with Crippen molar-refractivity contribution in [2.45, 2.75) is 6.42 Å². The molecule has 1 aromatic heterocycles. The topological polar surface area (TPSA) is 70.1 Å². The van der Waals surface area contributed by atoms with Crippen molar-refractivity contribution < 1.29 is 5.11 Å². The molecule has 0 amide bonds. The van der Waals surface area contributed by atoms with Gasteiger partial charge in [-0.15, -0.1) is 0 Å². The molecule has 0 radical (unpaired) electrons. The van der Waals surface area contributed by atoms with E-state index in [2.05, 4.69) is 20.6 Å². The third kappa shape index (κ3) is 3.32. The molecule has 2 aromatic carbocycles. The minimum Gasteiger partial charge on any atom is -0.396 e. The van der Waals surface area contributed by atoms with Gasteiger partial charge in [0.1, 0.15) is 5.82 Å². The van der Waals surface area contributed by atoms with Crippen LogP contribution in [0, 0.1) is 0 Å². The molecule has 0 unspecified atom stereocenters. The summed E-state index contributed by atoms with van der Waals surface area (Å²) in [6, 6.07) is 17.7. The Morgan fingerprint density at radius 1 is 0.909 bits per heavy atom. The van der Waals surface area contributed by atoms with Crippen molar-refractivity contribution in [1.82, 2.24) is 9.97 Å². The van der Waals surface area contributed by atoms with Crippen LogP contribution in [0.2, 0.25) is 0 Å². The molecule has 0 aliphatic heterocycles. The third-order valence-corrected chi connectivity index (χ3v) is 3.26. The number of para-hydroxylation sites is 2. The number of rotatable bonds is 6. The number of nitrogens with zero attached hydrogens (tertiary/aromatic N) is 2. The third-order valence-electron chi connectivity index (χ3n) is 3.26. The van der Waals surface area contributed by atoms with Crippen molar-refractivity contribution in [3.8, 4) is 0 Å². The maximum atomic E-state index is 8.92. The van der Waals surface area contributed by atoms with E-state index in [0.717, 1.165) is 22.4 Å². The average molecular weight is 294 g/mol. The number of hydrogen-bond acceptors (Lipinski definition) is 5. The molecule has 0 atom stereocenters. The summed E-state index contributed by atoms with van der Waals surface area (Å²) in [6.45, 7) is 0.827. The molecule has 5 nitrogen and oxygen atoms in total. The van der Waals surface area contributed by atoms with Crippen LogP contribution in [0.4, 0.5) is 17.5 Å². The summed E-state index contributed by atoms with van der Waals surface area (Å²) in [5.41, 5.74) is 1.82. The van der Waals surface area contributed by atoms with Crippen molar-refractivity contribution in [2.75, 3.05) is 23.8 Å². The molecular formula is C17H18N4O. The number of aromatic nitrogens is 2. The molecule has 5 heteroatoms. The maximum absolute atomic E-state index is 8.92. The van der Waals surface area contributed by atoms with Crippen molar-refractivity contribution in [2.24, 2.45) is 0 Å². The van der Waals surface area contributed by atoms with Crippen LogP contribution in [0.3, 0.4) is 0 Å². The lowest BCUT2D eigenvalue weighted by Crippen LogP contribution is -2.08. The number of nitrogens with one attached hydrogen (secondary N) is 2. The van der Waals surface area contributed by atoms with Gasteiger partial charge in [-0.1, -0.05) is 30.3 Å². The number of benzene rings is 2. The highest BCUT2D eigenvalue weighted by Gasteiger charge is 2.07. The van der Waals surface area contributed by atoms with E-state index in [9.17, 15) is 0 Å². The van der Waals surface area contributed by atoms with Crippen molar-refractivity contribution in [3.63, 3.8) is 0 Å². The monoisotopic (exact) mass is 294 g/mol. The van der Waals surface area contributed by atoms with Gasteiger partial charge in [0.2, 0.25) is 5.95 Å². The second-order valence-electron chi connectivity index (χ2n) is 4.91. The highest BCUT2D eigenvalue weighted by atomic mass is 16.3. The molecule has 0 saturated heterocycles. The molecule has 3 N–H and O–H groups in total. The fourth-order valence-corrected chi connectivity index (χ4v) is 2.20. The first-order valence-electron chi connectivity index (χ1n) is 7.30. The number of fused-ring (bicyclic) bond motifs is 1. The predicted molar refractivity (Wildman–Crippen MR) is 89.5 cm³/mol. The summed E-state index contributed by atoms with van der Waals surface area (Å²) < 4.78 is 0. The van der Waals surface area contributed by atoms with E-state index >= 15 is 0 Å². The van der Waals surface area contributed by atoms with Crippen molar-refractivity contribution in [3.05, 3.63) is 54.6 Å². The first-order chi connectivity index (χ1) is 10.9. The smallest absolute Gasteiger partial charge is 0.229 e. The molecule has 0 fully saturated rings. The highest BCUT2D eigenvalue weighted by molar-refractivity contribution is 5.90. The van der Waals surface area contributed by atoms with Crippen LogP contribution in [-0.4, -0.2) is 28.2 Å². The van der Waals surface area contributed by atoms with Gasteiger partial charge in [0.25, 0.3) is 0 Å². The van der Waals surface area contributed by atoms with Crippen LogP contribution in [0.25, 0.3) is 10.9 Å². The molecule has 0 spiro atoms. The Morgan fingerprint density at radius 3 is 2.50 bits per heavy atom. The van der Waals surface area contributed by atoms with Crippen LogP contribution in [0.15, 0.2) is 54.6 Å². The fourth-order valence-electron chi connectivity index (χ4n) is 2.20. The average Bonchev–Trinajstić information content (AvgIpc) is 2.56. The quantitative estimate of drug-likeness (QED) is 0.609. The van der Waals surface area contributed by atoms with Crippen LogP contribution in [0.1, 0.15) is 6.42 Å². The maximum Gasteiger partial charge on any atom is 0.229 e. The SMILES string of the molecule is OCCCNc1nc(Nc2ccccc2)nc2ccccc12. The first-order valence-corrected chi connectivity index (χ1v) is 7.30. The van der Waals surface area contributed by atoms with Crippen LogP contribution < -0.4 is 10.6 Å². The predicted octanol–water partition coefficient (Wildman–Crippen LogP) is 3.17. The lowest BCUT2D eigenvalue weighted by Gasteiger charge is -2.11. The van der Waals surface area contributed by atoms with Crippen molar-refractivity contribution >= 4 is 28.4 Å².